The molecular formula is C24H32ClN5O2. The Morgan fingerprint density at radius 2 is 1.75 bits per heavy atom. The highest BCUT2D eigenvalue weighted by Crippen LogP contribution is 2.26. The molecule has 2 aromatic carbocycles. The van der Waals surface area contributed by atoms with E-state index in [4.69, 9.17) is 11.6 Å². The van der Waals surface area contributed by atoms with Crippen LogP contribution in [0.15, 0.2) is 42.5 Å². The molecule has 0 fully saturated rings. The molecule has 0 spiro atoms. The van der Waals surface area contributed by atoms with Crippen molar-refractivity contribution in [3.05, 3.63) is 64.2 Å². The summed E-state index contributed by atoms with van der Waals surface area (Å²) in [7, 11) is 1.79. The SMILES string of the molecule is CCNCCNC(=O)CN(CC(=O)N(C)N1Cc2ccccc2C1)c1cc(Cl)ccc1C. The van der Waals surface area contributed by atoms with Gasteiger partial charge in [-0.2, -0.15) is 0 Å². The zero-order chi connectivity index (χ0) is 23.1. The summed E-state index contributed by atoms with van der Waals surface area (Å²) in [5.41, 5.74) is 4.20. The van der Waals surface area contributed by atoms with E-state index in [1.54, 1.807) is 17.0 Å². The van der Waals surface area contributed by atoms with Crippen molar-refractivity contribution in [1.29, 1.82) is 0 Å². The summed E-state index contributed by atoms with van der Waals surface area (Å²) in [6, 6.07) is 13.7. The first-order valence-corrected chi connectivity index (χ1v) is 11.3. The third-order valence-electron chi connectivity index (χ3n) is 5.66. The molecule has 8 heteroatoms. The van der Waals surface area contributed by atoms with Crippen LogP contribution in [0.3, 0.4) is 0 Å². The second kappa shape index (κ2) is 11.3. The Morgan fingerprint density at radius 1 is 1.06 bits per heavy atom. The van der Waals surface area contributed by atoms with Crippen LogP contribution in [0.5, 0.6) is 0 Å². The number of carbonyl (C=O) groups excluding carboxylic acids is 2. The minimum atomic E-state index is -0.133. The van der Waals surface area contributed by atoms with Gasteiger partial charge in [-0.15, -0.1) is 0 Å². The number of aryl methyl sites for hydroxylation is 1. The fourth-order valence-electron chi connectivity index (χ4n) is 3.80. The summed E-state index contributed by atoms with van der Waals surface area (Å²) < 4.78 is 0. The predicted molar refractivity (Wildman–Crippen MR) is 128 cm³/mol. The van der Waals surface area contributed by atoms with E-state index in [1.165, 1.54) is 11.1 Å². The molecule has 1 aliphatic rings. The average molecular weight is 458 g/mol. The maximum absolute atomic E-state index is 13.2. The van der Waals surface area contributed by atoms with Crippen LogP contribution in [-0.2, 0) is 22.7 Å². The average Bonchev–Trinajstić information content (AvgIpc) is 3.21. The van der Waals surface area contributed by atoms with E-state index in [-0.39, 0.29) is 24.9 Å². The molecule has 0 saturated heterocycles. The first-order chi connectivity index (χ1) is 15.4. The summed E-state index contributed by atoms with van der Waals surface area (Å²) in [4.78, 5) is 27.6. The van der Waals surface area contributed by atoms with E-state index in [0.29, 0.717) is 31.2 Å². The quantitative estimate of drug-likeness (QED) is 0.537. The van der Waals surface area contributed by atoms with Crippen molar-refractivity contribution in [2.75, 3.05) is 44.7 Å². The molecule has 0 bridgehead atoms. The Kier molecular flexibility index (Phi) is 8.50. The second-order valence-corrected chi connectivity index (χ2v) is 8.44. The van der Waals surface area contributed by atoms with E-state index in [9.17, 15) is 9.59 Å². The van der Waals surface area contributed by atoms with Gasteiger partial charge in [0.15, 0.2) is 0 Å². The minimum Gasteiger partial charge on any atom is -0.353 e. The lowest BCUT2D eigenvalue weighted by atomic mass is 10.1. The summed E-state index contributed by atoms with van der Waals surface area (Å²) in [5, 5.41) is 10.3. The van der Waals surface area contributed by atoms with Crippen molar-refractivity contribution in [2.24, 2.45) is 0 Å². The number of fused-ring (bicyclic) bond motifs is 1. The molecular weight excluding hydrogens is 426 g/mol. The van der Waals surface area contributed by atoms with Gasteiger partial charge in [0.2, 0.25) is 5.91 Å². The van der Waals surface area contributed by atoms with Gasteiger partial charge in [-0.25, -0.2) is 5.01 Å². The number of amides is 2. The van der Waals surface area contributed by atoms with E-state index in [0.717, 1.165) is 17.8 Å². The Labute approximate surface area is 195 Å². The third kappa shape index (κ3) is 6.22. The van der Waals surface area contributed by atoms with Gasteiger partial charge in [-0.05, 0) is 42.3 Å². The fraction of sp³-hybridized carbons (Fsp3) is 0.417. The van der Waals surface area contributed by atoms with E-state index in [2.05, 4.69) is 22.8 Å². The van der Waals surface area contributed by atoms with Gasteiger partial charge in [-0.1, -0.05) is 48.9 Å². The van der Waals surface area contributed by atoms with Crippen LogP contribution in [0.25, 0.3) is 0 Å². The molecule has 0 aromatic heterocycles. The monoisotopic (exact) mass is 457 g/mol. The summed E-state index contributed by atoms with van der Waals surface area (Å²) in [6.07, 6.45) is 0. The van der Waals surface area contributed by atoms with Gasteiger partial charge in [0.1, 0.15) is 0 Å². The molecule has 0 saturated carbocycles. The van der Waals surface area contributed by atoms with Gasteiger partial charge >= 0.3 is 0 Å². The molecule has 2 amide bonds. The number of hydrazine groups is 1. The van der Waals surface area contributed by atoms with Gasteiger partial charge in [0.25, 0.3) is 5.91 Å². The van der Waals surface area contributed by atoms with E-state index >= 15 is 0 Å². The van der Waals surface area contributed by atoms with Crippen LogP contribution in [0, 0.1) is 6.92 Å². The van der Waals surface area contributed by atoms with Crippen molar-refractivity contribution in [3.63, 3.8) is 0 Å². The second-order valence-electron chi connectivity index (χ2n) is 8.00. The molecule has 1 heterocycles. The number of nitrogens with one attached hydrogen (secondary N) is 2. The Bertz CT molecular complexity index is 927. The number of nitrogens with zero attached hydrogens (tertiary/aromatic N) is 3. The zero-order valence-electron chi connectivity index (χ0n) is 19.0. The highest BCUT2D eigenvalue weighted by Gasteiger charge is 2.27. The number of hydrogen-bond donors (Lipinski definition) is 2. The molecule has 0 atom stereocenters. The highest BCUT2D eigenvalue weighted by atomic mass is 35.5. The molecule has 0 unspecified atom stereocenters. The standard InChI is InChI=1S/C24H32ClN5O2/c1-4-26-11-12-27-23(31)16-29(22-13-21(25)10-9-18(22)2)17-24(32)28(3)30-14-19-7-5-6-8-20(19)15-30/h5-10,13,26H,4,11-12,14-17H2,1-3H3,(H,27,31). The highest BCUT2D eigenvalue weighted by molar-refractivity contribution is 6.30. The summed E-state index contributed by atoms with van der Waals surface area (Å²) in [5.74, 6) is -0.219. The molecule has 0 radical (unpaired) electrons. The number of carbonyl (C=O) groups is 2. The predicted octanol–water partition coefficient (Wildman–Crippen LogP) is 2.57. The zero-order valence-corrected chi connectivity index (χ0v) is 19.8. The molecule has 3 rings (SSSR count). The van der Waals surface area contributed by atoms with Crippen LogP contribution in [0.1, 0.15) is 23.6 Å². The molecule has 1 aliphatic heterocycles. The molecule has 2 aromatic rings. The normalized spacial score (nSPS) is 13.0. The van der Waals surface area contributed by atoms with E-state index < -0.39 is 0 Å². The number of hydrogen-bond acceptors (Lipinski definition) is 5. The largest absolute Gasteiger partial charge is 0.353 e. The third-order valence-corrected chi connectivity index (χ3v) is 5.89. The maximum atomic E-state index is 13.2. The smallest absolute Gasteiger partial charge is 0.256 e. The molecule has 0 aliphatic carbocycles. The van der Waals surface area contributed by atoms with Gasteiger partial charge in [0.05, 0.1) is 13.1 Å². The lowest BCUT2D eigenvalue weighted by Crippen LogP contribution is -2.48. The van der Waals surface area contributed by atoms with Gasteiger partial charge < -0.3 is 15.5 Å². The summed E-state index contributed by atoms with van der Waals surface area (Å²) >= 11 is 6.23. The van der Waals surface area contributed by atoms with Gasteiger partial charge in [0, 0.05) is 43.9 Å². The minimum absolute atomic E-state index is 0.0746. The van der Waals surface area contributed by atoms with E-state index in [1.807, 2.05) is 49.2 Å². The summed E-state index contributed by atoms with van der Waals surface area (Å²) in [6.45, 7) is 7.60. The number of likely N-dealkylation sites (N-methyl/N-ethyl adjacent to an activating group) is 2. The van der Waals surface area contributed by atoms with Crippen molar-refractivity contribution in [1.82, 2.24) is 20.7 Å². The fourth-order valence-corrected chi connectivity index (χ4v) is 3.96. The van der Waals surface area contributed by atoms with Crippen molar-refractivity contribution >= 4 is 29.1 Å². The van der Waals surface area contributed by atoms with Gasteiger partial charge in [-0.3, -0.25) is 14.6 Å². The Morgan fingerprint density at radius 3 is 2.41 bits per heavy atom. The first kappa shape index (κ1) is 24.0. The van der Waals surface area contributed by atoms with Crippen LogP contribution >= 0.6 is 11.6 Å². The number of halogens is 1. The molecule has 172 valence electrons. The van der Waals surface area contributed by atoms with Crippen LogP contribution in [-0.4, -0.2) is 61.6 Å². The lowest BCUT2D eigenvalue weighted by Gasteiger charge is -2.32. The van der Waals surface area contributed by atoms with Crippen molar-refractivity contribution < 1.29 is 9.59 Å². The van der Waals surface area contributed by atoms with Crippen molar-refractivity contribution in [3.8, 4) is 0 Å². The van der Waals surface area contributed by atoms with Crippen LogP contribution in [0.2, 0.25) is 5.02 Å². The van der Waals surface area contributed by atoms with Crippen LogP contribution in [0.4, 0.5) is 5.69 Å². The maximum Gasteiger partial charge on any atom is 0.256 e. The Hall–Kier alpha value is -2.61. The topological polar surface area (TPSA) is 67.9 Å². The van der Waals surface area contributed by atoms with Crippen LogP contribution < -0.4 is 15.5 Å². The number of anilines is 1. The first-order valence-electron chi connectivity index (χ1n) is 11.0. The lowest BCUT2D eigenvalue weighted by molar-refractivity contribution is -0.145. The number of benzene rings is 2. The molecule has 7 nitrogen and oxygen atoms in total. The number of rotatable bonds is 10. The Balaban J connectivity index is 1.69. The van der Waals surface area contributed by atoms with Crippen molar-refractivity contribution in [2.45, 2.75) is 26.9 Å². The molecule has 32 heavy (non-hydrogen) atoms. The molecule has 2 N–H and O–H groups in total.